The minimum atomic E-state index is -4.40. The third-order valence-corrected chi connectivity index (χ3v) is 12.7. The number of halogens is 2. The van der Waals surface area contributed by atoms with Crippen LogP contribution in [0.15, 0.2) is 30.0 Å². The highest BCUT2D eigenvalue weighted by Gasteiger charge is 2.54. The zero-order valence-corrected chi connectivity index (χ0v) is 31.8. The van der Waals surface area contributed by atoms with Crippen molar-refractivity contribution in [2.75, 3.05) is 31.7 Å². The molecule has 0 saturated carbocycles. The molecule has 4 aromatic heterocycles. The summed E-state index contributed by atoms with van der Waals surface area (Å²) >= 11 is 9.95. The number of thiol groups is 2. The lowest BCUT2D eigenvalue weighted by Gasteiger charge is -2.26. The Labute approximate surface area is 311 Å². The number of alkyl halides is 1. The first-order valence-electron chi connectivity index (χ1n) is 15.6. The van der Waals surface area contributed by atoms with Gasteiger partial charge in [0.2, 0.25) is 0 Å². The molecule has 8 heterocycles. The summed E-state index contributed by atoms with van der Waals surface area (Å²) in [5.74, 6) is 0.610. The molecular formula is C26H30FIN8O11P2S2. The molecule has 0 aliphatic carbocycles. The highest BCUT2D eigenvalue weighted by atomic mass is 127. The van der Waals surface area contributed by atoms with Crippen molar-refractivity contribution >= 4 is 89.1 Å². The fourth-order valence-electron chi connectivity index (χ4n) is 6.66. The van der Waals surface area contributed by atoms with Gasteiger partial charge in [-0.3, -0.25) is 32.0 Å². The number of hydrogen-bond acceptors (Lipinski definition) is 16. The number of hydrogen-bond donors (Lipinski definition) is 4. The van der Waals surface area contributed by atoms with E-state index < -0.39 is 81.5 Å². The van der Waals surface area contributed by atoms with Gasteiger partial charge in [0.05, 0.1) is 38.1 Å². The zero-order chi connectivity index (χ0) is 35.7. The Bertz CT molecular complexity index is 2130. The number of aliphatic hydroxyl groups is 1. The predicted octanol–water partition coefficient (Wildman–Crippen LogP) is 3.15. The van der Waals surface area contributed by atoms with Gasteiger partial charge in [-0.2, -0.15) is 0 Å². The second-order valence-electron chi connectivity index (χ2n) is 12.1. The summed E-state index contributed by atoms with van der Waals surface area (Å²) in [6, 6.07) is 0. The van der Waals surface area contributed by atoms with Crippen LogP contribution in [0.1, 0.15) is 24.4 Å². The maximum atomic E-state index is 16.4. The van der Waals surface area contributed by atoms with Gasteiger partial charge >= 0.3 is 13.6 Å². The van der Waals surface area contributed by atoms with Crippen LogP contribution in [-0.2, 0) is 52.7 Å². The normalized spacial score (nSPS) is 35.9. The molecule has 19 nitrogen and oxygen atoms in total. The number of nitrogens with one attached hydrogen (secondary N) is 1. The van der Waals surface area contributed by atoms with Crippen LogP contribution < -0.4 is 10.9 Å². The topological polar surface area (TPSA) is 214 Å². The lowest BCUT2D eigenvalue weighted by Crippen LogP contribution is -2.35. The van der Waals surface area contributed by atoms with Crippen molar-refractivity contribution in [1.29, 1.82) is 0 Å². The molecule has 3 saturated heterocycles. The van der Waals surface area contributed by atoms with Crippen LogP contribution >= 0.6 is 61.1 Å². The number of fused-ring (bicyclic) bond motifs is 4. The van der Waals surface area contributed by atoms with Crippen molar-refractivity contribution in [2.24, 2.45) is 0 Å². The van der Waals surface area contributed by atoms with E-state index in [1.165, 1.54) is 32.7 Å². The molecule has 4 aliphatic heterocycles. The van der Waals surface area contributed by atoms with E-state index in [4.69, 9.17) is 30.6 Å². The molecule has 51 heavy (non-hydrogen) atoms. The lowest BCUT2D eigenvalue weighted by molar-refractivity contribution is -0.0568. The first kappa shape index (κ1) is 36.3. The molecule has 10 atom stereocenters. The number of aryl methyl sites for hydroxylation is 1. The molecule has 0 amide bonds. The average molecular weight is 903 g/mol. The zero-order valence-electron chi connectivity index (χ0n) is 26.1. The van der Waals surface area contributed by atoms with Crippen LogP contribution in [0.5, 0.6) is 0 Å². The monoisotopic (exact) mass is 902 g/mol. The Morgan fingerprint density at radius 3 is 2.53 bits per heavy atom. The van der Waals surface area contributed by atoms with Crippen LogP contribution in [0.4, 0.5) is 10.2 Å². The maximum absolute atomic E-state index is 16.4. The van der Waals surface area contributed by atoms with Gasteiger partial charge in [-0.05, 0) is 18.4 Å². The van der Waals surface area contributed by atoms with Crippen molar-refractivity contribution < 1.29 is 49.3 Å². The van der Waals surface area contributed by atoms with E-state index in [1.54, 1.807) is 29.2 Å². The maximum Gasteiger partial charge on any atom is 0.386 e. The fourth-order valence-corrected chi connectivity index (χ4v) is 9.80. The summed E-state index contributed by atoms with van der Waals surface area (Å²) in [4.78, 5) is 30.3. The van der Waals surface area contributed by atoms with Crippen LogP contribution in [0.25, 0.3) is 22.2 Å². The molecule has 276 valence electrons. The summed E-state index contributed by atoms with van der Waals surface area (Å²) in [6.45, 7) is -8.82. The van der Waals surface area contributed by atoms with E-state index in [-0.39, 0.29) is 24.3 Å². The molecule has 0 unspecified atom stereocenters. The van der Waals surface area contributed by atoms with Gasteiger partial charge in [-0.1, -0.05) is 24.5 Å². The average Bonchev–Trinajstić information content (AvgIpc) is 3.80. The number of imidazole rings is 1. The number of aliphatic hydroxyl groups excluding tert-OH is 1. The molecule has 0 aromatic carbocycles. The first-order chi connectivity index (χ1) is 24.4. The van der Waals surface area contributed by atoms with E-state index in [0.717, 1.165) is 17.4 Å². The van der Waals surface area contributed by atoms with Gasteiger partial charge in [-0.25, -0.2) is 33.5 Å². The summed E-state index contributed by atoms with van der Waals surface area (Å²) < 4.78 is 87.6. The minimum absolute atomic E-state index is 0.0195. The highest BCUT2D eigenvalue weighted by Crippen LogP contribution is 2.60. The van der Waals surface area contributed by atoms with Crippen molar-refractivity contribution in [3.8, 4) is 0 Å². The molecular weight excluding hydrogens is 872 g/mol. The van der Waals surface area contributed by atoms with Gasteiger partial charge < -0.3 is 27.5 Å². The molecule has 2 bridgehead atoms. The van der Waals surface area contributed by atoms with Gasteiger partial charge in [-0.15, -0.1) is 0 Å². The quantitative estimate of drug-likeness (QED) is 0.129. The number of rotatable bonds is 5. The fraction of sp³-hybridized carbons (Fsp3) is 0.577. The lowest BCUT2D eigenvalue weighted by atomic mass is 10.1. The second kappa shape index (κ2) is 14.2. The molecule has 25 heteroatoms. The van der Waals surface area contributed by atoms with Crippen LogP contribution in [0.2, 0.25) is 0 Å². The summed E-state index contributed by atoms with van der Waals surface area (Å²) in [5, 5.41) is 15.3. The number of aromatic nitrogens is 7. The summed E-state index contributed by atoms with van der Waals surface area (Å²) in [5.41, 5.74) is 0.880. The van der Waals surface area contributed by atoms with Gasteiger partial charge in [0.15, 0.2) is 29.8 Å². The number of nitrogens with zero attached hydrogens (tertiary/aromatic N) is 7. The number of ether oxygens (including phenoxy) is 2. The Balaban J connectivity index is 1.09. The molecule has 3 fully saturated rings. The minimum Gasteiger partial charge on any atom is -0.387 e. The molecule has 2 N–H and O–H groups in total. The van der Waals surface area contributed by atoms with Crippen LogP contribution in [0, 0.1) is 0 Å². The van der Waals surface area contributed by atoms with Crippen molar-refractivity contribution in [2.45, 2.75) is 68.5 Å². The standard InChI is InChI=1S/C26H30FIN8O11P2S2/c27-16-19-14(45-25(16)35-6-12-2-1-3-29-21-15(12)22(35)31-9-30-21)8-43-49(40,51)47-20-18(37)13(7-42-48(39,50)46-19)44-26(20)36-11-32-17-23(36)33-10-34(24(17)38)4-5-41-28/h6,9-11,13-14,16,18-20,25-26,37H,1-5,7-8H2,(H,39,50)(H,40,51)(H,29,30,31)/t13-,14-,16-,18-,19-,20-,25-,26-,48-,49+/m1/s1. The summed E-state index contributed by atoms with van der Waals surface area (Å²) in [6.07, 6.45) is -4.72. The van der Waals surface area contributed by atoms with E-state index in [9.17, 15) is 19.0 Å². The molecule has 4 aromatic rings. The van der Waals surface area contributed by atoms with E-state index in [1.807, 2.05) is 0 Å². The smallest absolute Gasteiger partial charge is 0.386 e. The Hall–Kier alpha value is -1.73. The molecule has 8 rings (SSSR count). The predicted molar refractivity (Wildman–Crippen MR) is 190 cm³/mol. The third kappa shape index (κ3) is 6.80. The van der Waals surface area contributed by atoms with Crippen molar-refractivity contribution in [3.63, 3.8) is 0 Å². The van der Waals surface area contributed by atoms with E-state index >= 15 is 4.39 Å². The van der Waals surface area contributed by atoms with Gasteiger partial charge in [0, 0.05) is 12.7 Å². The first-order valence-corrected chi connectivity index (χ1v) is 21.9. The van der Waals surface area contributed by atoms with E-state index in [0.29, 0.717) is 24.4 Å². The molecule has 0 radical (unpaired) electrons. The Morgan fingerprint density at radius 2 is 1.75 bits per heavy atom. The molecule has 4 aliphatic rings. The SMILES string of the molecule is O=c1c2ncn([C@@H]3O[C@@H]4CO[P@@](=O)(S)O[C@H]5[C@@H](F)[C@H](n6cc7c8c(ncnc86)NCCC7)O[C@@H]5CO[P@](=O)(S)O[C@@H]3[C@@H]4O)c2ncn1CCOI. The third-order valence-electron chi connectivity index (χ3n) is 9.00. The largest absolute Gasteiger partial charge is 0.387 e. The van der Waals surface area contributed by atoms with Crippen molar-refractivity contribution in [3.05, 3.63) is 41.1 Å². The van der Waals surface area contributed by atoms with Crippen LogP contribution in [-0.4, -0.2) is 102 Å². The summed E-state index contributed by atoms with van der Waals surface area (Å²) in [7, 11) is 0. The Morgan fingerprint density at radius 1 is 1.00 bits per heavy atom. The van der Waals surface area contributed by atoms with Gasteiger partial charge in [0.25, 0.3) is 5.56 Å². The Kier molecular flexibility index (Phi) is 10.1. The molecule has 0 spiro atoms. The number of anilines is 1. The van der Waals surface area contributed by atoms with E-state index in [2.05, 4.69) is 49.7 Å². The second-order valence-corrected chi connectivity index (χ2v) is 18.5. The highest BCUT2D eigenvalue weighted by molar-refractivity contribution is 14.1. The van der Waals surface area contributed by atoms with Gasteiger partial charge in [0.1, 0.15) is 77.6 Å². The van der Waals surface area contributed by atoms with Crippen LogP contribution in [0.3, 0.4) is 0 Å². The van der Waals surface area contributed by atoms with Crippen molar-refractivity contribution in [1.82, 2.24) is 33.6 Å².